The molecule has 1 aliphatic rings. The Labute approximate surface area is 59.1 Å². The van der Waals surface area contributed by atoms with Crippen LogP contribution in [0.15, 0.2) is 0 Å². The van der Waals surface area contributed by atoms with E-state index in [1.807, 2.05) is 0 Å². The molecule has 3 nitrogen and oxygen atoms in total. The highest BCUT2D eigenvalue weighted by Gasteiger charge is 2.30. The number of aliphatic hydroxyl groups excluding tert-OH is 1. The van der Waals surface area contributed by atoms with E-state index >= 15 is 0 Å². The number of carbonyl (C=O) groups is 1. The van der Waals surface area contributed by atoms with E-state index in [1.165, 1.54) is 12.2 Å². The van der Waals surface area contributed by atoms with E-state index in [0.29, 0.717) is 6.19 Å². The maximum Gasteiger partial charge on any atom is 0.293 e. The number of carbonyl (C=O) groups excluding carboxylic acids is 1. The van der Waals surface area contributed by atoms with Crippen LogP contribution in [0.25, 0.3) is 0 Å². The van der Waals surface area contributed by atoms with E-state index in [1.54, 1.807) is 0 Å². The van der Waals surface area contributed by atoms with E-state index in [4.69, 9.17) is 5.11 Å². The van der Waals surface area contributed by atoms with Crippen LogP contribution in [0.5, 0.6) is 0 Å². The van der Waals surface area contributed by atoms with Gasteiger partial charge < -0.3 is 14.7 Å². The van der Waals surface area contributed by atoms with Gasteiger partial charge in [-0.1, -0.05) is 0 Å². The van der Waals surface area contributed by atoms with Crippen LogP contribution in [0, 0.1) is 0 Å². The van der Waals surface area contributed by atoms with Gasteiger partial charge in [0.2, 0.25) is 0 Å². The second-order valence-electron chi connectivity index (χ2n) is 2.32. The van der Waals surface area contributed by atoms with Gasteiger partial charge in [0.05, 0.1) is 12.3 Å². The molecule has 10 heavy (non-hydrogen) atoms. The normalized spacial score (nSPS) is 34.2. The van der Waals surface area contributed by atoms with Crippen LogP contribution in [-0.4, -0.2) is 48.9 Å². The van der Waals surface area contributed by atoms with Crippen LogP contribution < -0.4 is 0 Å². The summed E-state index contributed by atoms with van der Waals surface area (Å²) in [4.78, 5) is 11.3. The van der Waals surface area contributed by atoms with Gasteiger partial charge in [0.15, 0.2) is 0 Å². The van der Waals surface area contributed by atoms with Crippen molar-refractivity contribution >= 4 is 13.6 Å². The monoisotopic (exact) mass is 144 g/mol. The zero-order chi connectivity index (χ0) is 7.56. The smallest absolute Gasteiger partial charge is 0.293 e. The lowest BCUT2D eigenvalue weighted by Gasteiger charge is -2.06. The van der Waals surface area contributed by atoms with E-state index in [0.717, 1.165) is 0 Å². The van der Waals surface area contributed by atoms with E-state index in [9.17, 15) is 9.18 Å². The summed E-state index contributed by atoms with van der Waals surface area (Å²) in [5, 5.41) is 8.84. The Morgan fingerprint density at radius 3 is 2.80 bits per heavy atom. The van der Waals surface area contributed by atoms with Crippen molar-refractivity contribution in [3.63, 3.8) is 0 Å². The predicted molar refractivity (Wildman–Crippen MR) is 35.0 cm³/mol. The first-order valence-electron chi connectivity index (χ1n) is 3.09. The van der Waals surface area contributed by atoms with Crippen LogP contribution in [0.2, 0.25) is 0 Å². The van der Waals surface area contributed by atoms with Crippen LogP contribution in [0.1, 0.15) is 0 Å². The van der Waals surface area contributed by atoms with Gasteiger partial charge in [-0.3, -0.25) is 0 Å². The SMILES string of the molecule is O=C[B]N1C[C@@H](F)[C@@H](O)C1. The summed E-state index contributed by atoms with van der Waals surface area (Å²) in [5.41, 5.74) is 0. The molecule has 0 aromatic rings. The van der Waals surface area contributed by atoms with Crippen molar-refractivity contribution in [1.82, 2.24) is 4.81 Å². The first-order chi connectivity index (χ1) is 4.74. The first-order valence-corrected chi connectivity index (χ1v) is 3.09. The van der Waals surface area contributed by atoms with Gasteiger partial charge in [0.25, 0.3) is 7.41 Å². The van der Waals surface area contributed by atoms with Crippen molar-refractivity contribution in [2.45, 2.75) is 12.3 Å². The third-order valence-corrected chi connectivity index (χ3v) is 1.52. The van der Waals surface area contributed by atoms with Crippen LogP contribution >= 0.6 is 0 Å². The standard InChI is InChI=1S/C5H8BFNO2/c7-4-1-8(6-3-9)2-5(4)10/h3-5,10H,1-2H2/t4-,5+/m1/s1. The highest BCUT2D eigenvalue weighted by atomic mass is 19.1. The quantitative estimate of drug-likeness (QED) is 0.391. The summed E-state index contributed by atoms with van der Waals surface area (Å²) < 4.78 is 12.5. The average Bonchev–Trinajstić information content (AvgIpc) is 2.14. The van der Waals surface area contributed by atoms with Gasteiger partial charge in [-0.25, -0.2) is 4.39 Å². The summed E-state index contributed by atoms with van der Waals surface area (Å²) in [5.74, 6) is 0. The van der Waals surface area contributed by atoms with E-state index in [-0.39, 0.29) is 13.1 Å². The lowest BCUT2D eigenvalue weighted by molar-refractivity contribution is 0.117. The molecule has 1 rings (SSSR count). The maximum atomic E-state index is 12.5. The molecule has 1 aliphatic heterocycles. The Morgan fingerprint density at radius 2 is 2.40 bits per heavy atom. The van der Waals surface area contributed by atoms with Gasteiger partial charge in [0, 0.05) is 13.1 Å². The largest absolute Gasteiger partial charge is 0.389 e. The molecule has 0 bridgehead atoms. The molecule has 1 fully saturated rings. The summed E-state index contributed by atoms with van der Waals surface area (Å²) in [6.07, 6.45) is -1.56. The number of halogens is 1. The number of alkyl halides is 1. The van der Waals surface area contributed by atoms with Crippen LogP contribution in [0.3, 0.4) is 0 Å². The highest BCUT2D eigenvalue weighted by molar-refractivity contribution is 6.64. The van der Waals surface area contributed by atoms with Gasteiger partial charge in [-0.15, -0.1) is 0 Å². The molecule has 0 unspecified atom stereocenters. The average molecular weight is 144 g/mol. The lowest BCUT2D eigenvalue weighted by Crippen LogP contribution is -2.27. The minimum Gasteiger partial charge on any atom is -0.389 e. The Hall–Kier alpha value is -0.415. The van der Waals surface area contributed by atoms with Crippen molar-refractivity contribution < 1.29 is 14.3 Å². The van der Waals surface area contributed by atoms with Gasteiger partial charge in [0.1, 0.15) is 6.17 Å². The second-order valence-corrected chi connectivity index (χ2v) is 2.32. The Kier molecular flexibility index (Phi) is 2.40. The molecule has 0 saturated carbocycles. The predicted octanol–water partition coefficient (Wildman–Crippen LogP) is -1.19. The number of aliphatic hydroxyl groups is 1. The molecular formula is C5H8BFNO2. The second kappa shape index (κ2) is 3.12. The molecule has 55 valence electrons. The molecule has 0 amide bonds. The Morgan fingerprint density at radius 1 is 1.70 bits per heavy atom. The van der Waals surface area contributed by atoms with E-state index in [2.05, 4.69) is 0 Å². The van der Waals surface area contributed by atoms with Crippen LogP contribution in [-0.2, 0) is 4.79 Å². The molecule has 2 atom stereocenters. The van der Waals surface area contributed by atoms with Crippen molar-refractivity contribution in [1.29, 1.82) is 0 Å². The van der Waals surface area contributed by atoms with Crippen molar-refractivity contribution in [2.24, 2.45) is 0 Å². The number of hydrogen-bond acceptors (Lipinski definition) is 3. The van der Waals surface area contributed by atoms with Crippen molar-refractivity contribution in [3.05, 3.63) is 0 Å². The Balaban J connectivity index is 2.33. The fourth-order valence-corrected chi connectivity index (χ4v) is 0.983. The topological polar surface area (TPSA) is 40.5 Å². The summed E-state index contributed by atoms with van der Waals surface area (Å²) in [7, 11) is 1.24. The molecule has 0 aromatic carbocycles. The molecule has 5 heteroatoms. The summed E-state index contributed by atoms with van der Waals surface area (Å²) >= 11 is 0. The number of hydrogen-bond donors (Lipinski definition) is 1. The Bertz CT molecular complexity index is 125. The molecular weight excluding hydrogens is 136 g/mol. The van der Waals surface area contributed by atoms with Gasteiger partial charge in [-0.05, 0) is 0 Å². The number of nitrogens with zero attached hydrogens (tertiary/aromatic N) is 1. The minimum atomic E-state index is -1.21. The molecule has 1 N–H and O–H groups in total. The first kappa shape index (κ1) is 7.69. The van der Waals surface area contributed by atoms with Gasteiger partial charge in [-0.2, -0.15) is 0 Å². The number of rotatable bonds is 2. The maximum absolute atomic E-state index is 12.5. The summed E-state index contributed by atoms with van der Waals surface area (Å²) in [6.45, 7) is 0.347. The highest BCUT2D eigenvalue weighted by Crippen LogP contribution is 2.10. The van der Waals surface area contributed by atoms with Crippen molar-refractivity contribution in [2.75, 3.05) is 13.1 Å². The zero-order valence-corrected chi connectivity index (χ0v) is 5.40. The number of β-amino-alcohol motifs (C(OH)–C–C–N with tert-alkyl or cyclic N) is 1. The minimum absolute atomic E-state index is 0.125. The molecule has 1 radical (unpaired) electrons. The fourth-order valence-electron chi connectivity index (χ4n) is 0.983. The molecule has 0 spiro atoms. The third kappa shape index (κ3) is 1.55. The fraction of sp³-hybridized carbons (Fsp3) is 0.800. The van der Waals surface area contributed by atoms with Crippen molar-refractivity contribution in [3.8, 4) is 0 Å². The molecule has 1 saturated heterocycles. The lowest BCUT2D eigenvalue weighted by atomic mass is 9.96. The van der Waals surface area contributed by atoms with E-state index < -0.39 is 12.3 Å². The molecule has 0 aliphatic carbocycles. The summed E-state index contributed by atoms with van der Waals surface area (Å²) in [6, 6.07) is 0. The zero-order valence-electron chi connectivity index (χ0n) is 5.40. The third-order valence-electron chi connectivity index (χ3n) is 1.52. The molecule has 1 heterocycles. The molecule has 0 aromatic heterocycles. The van der Waals surface area contributed by atoms with Crippen LogP contribution in [0.4, 0.5) is 4.39 Å². The van der Waals surface area contributed by atoms with Gasteiger partial charge >= 0.3 is 0 Å².